The number of morpholine rings is 1. The Morgan fingerprint density at radius 2 is 2.43 bits per heavy atom. The number of nitrogens with zero attached hydrogens (tertiary/aromatic N) is 4. The standard InChI is InChI=1S/C14H21N5OS/c1-3-4-13-16-14(18-17-13)12-9-19(5-6-20-12)8-11-7-15-10(2)21-11/h7,12H,3-6,8-9H2,1-2H3,(H,16,17,18). The SMILES string of the molecule is CCCc1nc(C2CN(Cc3cnc(C)s3)CCO2)n[nH]1. The minimum absolute atomic E-state index is 0.0328. The molecule has 1 aliphatic rings. The van der Waals surface area contributed by atoms with Crippen molar-refractivity contribution in [2.75, 3.05) is 19.7 Å². The Labute approximate surface area is 128 Å². The van der Waals surface area contributed by atoms with Crippen molar-refractivity contribution >= 4 is 11.3 Å². The molecule has 3 rings (SSSR count). The van der Waals surface area contributed by atoms with Gasteiger partial charge in [0.2, 0.25) is 0 Å². The Balaban J connectivity index is 1.61. The van der Waals surface area contributed by atoms with Gasteiger partial charge in [-0.05, 0) is 13.3 Å². The van der Waals surface area contributed by atoms with Crippen molar-refractivity contribution in [2.45, 2.75) is 39.3 Å². The number of hydrogen-bond donors (Lipinski definition) is 1. The van der Waals surface area contributed by atoms with Gasteiger partial charge in [0.25, 0.3) is 0 Å². The number of ether oxygens (including phenoxy) is 1. The van der Waals surface area contributed by atoms with Crippen LogP contribution in [0.25, 0.3) is 0 Å². The summed E-state index contributed by atoms with van der Waals surface area (Å²) < 4.78 is 5.83. The van der Waals surface area contributed by atoms with Crippen molar-refractivity contribution < 1.29 is 4.74 Å². The molecule has 3 heterocycles. The van der Waals surface area contributed by atoms with Crippen LogP contribution in [-0.4, -0.2) is 44.8 Å². The molecule has 114 valence electrons. The minimum atomic E-state index is -0.0328. The lowest BCUT2D eigenvalue weighted by Gasteiger charge is -2.31. The third-order valence-electron chi connectivity index (χ3n) is 3.52. The first-order valence-electron chi connectivity index (χ1n) is 7.41. The highest BCUT2D eigenvalue weighted by molar-refractivity contribution is 7.11. The number of aryl methyl sites for hydroxylation is 2. The molecule has 0 spiro atoms. The lowest BCUT2D eigenvalue weighted by atomic mass is 10.2. The highest BCUT2D eigenvalue weighted by Gasteiger charge is 2.25. The molecule has 0 radical (unpaired) electrons. The predicted octanol–water partition coefficient (Wildman–Crippen LogP) is 2.10. The molecule has 1 saturated heterocycles. The monoisotopic (exact) mass is 307 g/mol. The van der Waals surface area contributed by atoms with E-state index in [-0.39, 0.29) is 6.10 Å². The molecule has 2 aromatic heterocycles. The van der Waals surface area contributed by atoms with Crippen LogP contribution in [0.2, 0.25) is 0 Å². The van der Waals surface area contributed by atoms with Gasteiger partial charge in [-0.25, -0.2) is 9.97 Å². The summed E-state index contributed by atoms with van der Waals surface area (Å²) in [6, 6.07) is 0. The number of H-pyrrole nitrogens is 1. The van der Waals surface area contributed by atoms with Gasteiger partial charge in [-0.15, -0.1) is 11.3 Å². The first-order chi connectivity index (χ1) is 10.2. The smallest absolute Gasteiger partial charge is 0.180 e. The Hall–Kier alpha value is -1.31. The summed E-state index contributed by atoms with van der Waals surface area (Å²) >= 11 is 1.76. The number of thiazole rings is 1. The fourth-order valence-electron chi connectivity index (χ4n) is 2.50. The van der Waals surface area contributed by atoms with E-state index in [2.05, 4.69) is 32.0 Å². The Morgan fingerprint density at radius 1 is 1.52 bits per heavy atom. The average molecular weight is 307 g/mol. The van der Waals surface area contributed by atoms with E-state index in [0.29, 0.717) is 0 Å². The Bertz CT molecular complexity index is 581. The normalized spacial score (nSPS) is 20.0. The highest BCUT2D eigenvalue weighted by Crippen LogP contribution is 2.22. The number of rotatable bonds is 5. The van der Waals surface area contributed by atoms with Gasteiger partial charge in [0.15, 0.2) is 5.82 Å². The van der Waals surface area contributed by atoms with Crippen molar-refractivity contribution in [3.63, 3.8) is 0 Å². The molecule has 21 heavy (non-hydrogen) atoms. The zero-order valence-electron chi connectivity index (χ0n) is 12.5. The summed E-state index contributed by atoms with van der Waals surface area (Å²) in [5.74, 6) is 1.73. The van der Waals surface area contributed by atoms with Crippen LogP contribution in [0.1, 0.15) is 41.0 Å². The maximum atomic E-state index is 5.83. The zero-order valence-corrected chi connectivity index (χ0v) is 13.3. The van der Waals surface area contributed by atoms with Gasteiger partial charge in [0.05, 0.1) is 11.6 Å². The molecule has 0 aliphatic carbocycles. The van der Waals surface area contributed by atoms with Gasteiger partial charge in [0, 0.05) is 37.1 Å². The van der Waals surface area contributed by atoms with Crippen molar-refractivity contribution in [1.82, 2.24) is 25.1 Å². The fourth-order valence-corrected chi connectivity index (χ4v) is 3.34. The van der Waals surface area contributed by atoms with E-state index >= 15 is 0 Å². The summed E-state index contributed by atoms with van der Waals surface area (Å²) in [5, 5.41) is 8.43. The van der Waals surface area contributed by atoms with E-state index in [1.54, 1.807) is 11.3 Å². The largest absolute Gasteiger partial charge is 0.367 e. The van der Waals surface area contributed by atoms with Gasteiger partial charge in [-0.3, -0.25) is 10.00 Å². The average Bonchev–Trinajstić information content (AvgIpc) is 3.09. The predicted molar refractivity (Wildman–Crippen MR) is 81.2 cm³/mol. The summed E-state index contributed by atoms with van der Waals surface area (Å²) in [6.45, 7) is 7.61. The van der Waals surface area contributed by atoms with Gasteiger partial charge >= 0.3 is 0 Å². The van der Waals surface area contributed by atoms with Gasteiger partial charge in [0.1, 0.15) is 11.9 Å². The molecule has 7 heteroatoms. The second-order valence-electron chi connectivity index (χ2n) is 5.33. The number of aromatic amines is 1. The van der Waals surface area contributed by atoms with Crippen molar-refractivity contribution in [2.24, 2.45) is 0 Å². The first-order valence-corrected chi connectivity index (χ1v) is 8.22. The molecule has 2 aromatic rings. The van der Waals surface area contributed by atoms with E-state index in [1.807, 2.05) is 13.1 Å². The molecule has 0 amide bonds. The van der Waals surface area contributed by atoms with E-state index in [9.17, 15) is 0 Å². The molecular formula is C14H21N5OS. The molecule has 1 N–H and O–H groups in total. The molecule has 0 bridgehead atoms. The lowest BCUT2D eigenvalue weighted by Crippen LogP contribution is -2.38. The molecule has 0 aromatic carbocycles. The summed E-state index contributed by atoms with van der Waals surface area (Å²) in [7, 11) is 0. The van der Waals surface area contributed by atoms with Gasteiger partial charge in [-0.1, -0.05) is 6.92 Å². The molecule has 0 saturated carbocycles. The maximum absolute atomic E-state index is 5.83. The van der Waals surface area contributed by atoms with Gasteiger partial charge in [-0.2, -0.15) is 5.10 Å². The minimum Gasteiger partial charge on any atom is -0.367 e. The highest BCUT2D eigenvalue weighted by atomic mass is 32.1. The summed E-state index contributed by atoms with van der Waals surface area (Å²) in [6.07, 6.45) is 3.94. The molecule has 1 atom stereocenters. The zero-order chi connectivity index (χ0) is 14.7. The summed E-state index contributed by atoms with van der Waals surface area (Å²) in [4.78, 5) is 12.5. The van der Waals surface area contributed by atoms with Crippen LogP contribution in [0.4, 0.5) is 0 Å². The van der Waals surface area contributed by atoms with E-state index in [0.717, 1.165) is 55.7 Å². The third-order valence-corrected chi connectivity index (χ3v) is 4.42. The Morgan fingerprint density at radius 3 is 3.19 bits per heavy atom. The van der Waals surface area contributed by atoms with Crippen LogP contribution in [0.15, 0.2) is 6.20 Å². The number of hydrogen-bond acceptors (Lipinski definition) is 6. The van der Waals surface area contributed by atoms with Crippen LogP contribution in [0.5, 0.6) is 0 Å². The lowest BCUT2D eigenvalue weighted by molar-refractivity contribution is -0.0368. The molecule has 1 unspecified atom stereocenters. The second kappa shape index (κ2) is 6.64. The van der Waals surface area contributed by atoms with Crippen LogP contribution < -0.4 is 0 Å². The van der Waals surface area contributed by atoms with Crippen molar-refractivity contribution in [3.8, 4) is 0 Å². The molecule has 1 fully saturated rings. The van der Waals surface area contributed by atoms with Crippen LogP contribution >= 0.6 is 11.3 Å². The molecule has 6 nitrogen and oxygen atoms in total. The van der Waals surface area contributed by atoms with E-state index < -0.39 is 0 Å². The van der Waals surface area contributed by atoms with Crippen molar-refractivity contribution in [3.05, 3.63) is 27.7 Å². The molecular weight excluding hydrogens is 286 g/mol. The maximum Gasteiger partial charge on any atom is 0.180 e. The molecule has 1 aliphatic heterocycles. The summed E-state index contributed by atoms with van der Waals surface area (Å²) in [5.41, 5.74) is 0. The van der Waals surface area contributed by atoms with Gasteiger partial charge < -0.3 is 4.74 Å². The quantitative estimate of drug-likeness (QED) is 0.916. The third kappa shape index (κ3) is 3.66. The topological polar surface area (TPSA) is 66.9 Å². The van der Waals surface area contributed by atoms with E-state index in [4.69, 9.17) is 4.74 Å². The second-order valence-corrected chi connectivity index (χ2v) is 6.65. The van der Waals surface area contributed by atoms with Crippen LogP contribution in [-0.2, 0) is 17.7 Å². The number of aromatic nitrogens is 4. The Kier molecular flexibility index (Phi) is 4.62. The fraction of sp³-hybridized carbons (Fsp3) is 0.643. The van der Waals surface area contributed by atoms with Crippen molar-refractivity contribution in [1.29, 1.82) is 0 Å². The number of nitrogens with one attached hydrogen (secondary N) is 1. The first kappa shape index (κ1) is 14.6. The van der Waals surface area contributed by atoms with E-state index in [1.165, 1.54) is 4.88 Å². The van der Waals surface area contributed by atoms with Crippen LogP contribution in [0, 0.1) is 6.92 Å². The van der Waals surface area contributed by atoms with Crippen LogP contribution in [0.3, 0.4) is 0 Å².